The summed E-state index contributed by atoms with van der Waals surface area (Å²) in [6.07, 6.45) is 1.50. The Bertz CT molecular complexity index is 507. The number of nitrogens with one attached hydrogen (secondary N) is 1. The fourth-order valence-corrected chi connectivity index (χ4v) is 3.46. The molecule has 1 aliphatic heterocycles. The van der Waals surface area contributed by atoms with E-state index < -0.39 is 15.8 Å². The molecule has 2 fully saturated rings. The molecule has 1 saturated heterocycles. The van der Waals surface area contributed by atoms with E-state index in [0.717, 1.165) is 12.8 Å². The van der Waals surface area contributed by atoms with Gasteiger partial charge in [-0.3, -0.25) is 0 Å². The minimum absolute atomic E-state index is 0.165. The van der Waals surface area contributed by atoms with Crippen molar-refractivity contribution in [1.29, 1.82) is 0 Å². The van der Waals surface area contributed by atoms with Gasteiger partial charge in [-0.15, -0.1) is 0 Å². The molecule has 0 aromatic rings. The number of amides is 1. The van der Waals surface area contributed by atoms with Gasteiger partial charge in [0.2, 0.25) is 0 Å². The highest BCUT2D eigenvalue weighted by atomic mass is 32.2. The molecule has 1 aliphatic carbocycles. The lowest BCUT2D eigenvalue weighted by molar-refractivity contribution is 0.0237. The normalized spacial score (nSPS) is 20.3. The van der Waals surface area contributed by atoms with E-state index in [1.165, 1.54) is 4.31 Å². The summed E-state index contributed by atoms with van der Waals surface area (Å²) in [5, 5.41) is 0. The first-order valence-corrected chi connectivity index (χ1v) is 9.45. The van der Waals surface area contributed by atoms with Crippen molar-refractivity contribution in [3.8, 4) is 0 Å². The van der Waals surface area contributed by atoms with Crippen LogP contribution in [0.3, 0.4) is 0 Å². The molecule has 8 nitrogen and oxygen atoms in total. The van der Waals surface area contributed by atoms with Gasteiger partial charge in [0, 0.05) is 32.2 Å². The number of hydrogen-bond acceptors (Lipinski definition) is 5. The Morgan fingerprint density at radius 1 is 1.30 bits per heavy atom. The number of carbonyl (C=O) groups excluding carboxylic acids is 1. The number of rotatable bonds is 6. The molecule has 1 N–H and O–H groups in total. The molecule has 23 heavy (non-hydrogen) atoms. The van der Waals surface area contributed by atoms with E-state index in [-0.39, 0.29) is 18.7 Å². The van der Waals surface area contributed by atoms with Crippen LogP contribution in [0.5, 0.6) is 0 Å². The quantitative estimate of drug-likeness (QED) is 0.757. The maximum atomic E-state index is 12.2. The van der Waals surface area contributed by atoms with Crippen LogP contribution in [-0.4, -0.2) is 74.8 Å². The molecular weight excluding hydrogens is 322 g/mol. The minimum atomic E-state index is -3.52. The SMILES string of the molecule is CC(C)(C)OC(=O)N(CCNS(=O)(=O)N1CCOCC1)C1CC1. The third kappa shape index (κ3) is 5.91. The zero-order valence-corrected chi connectivity index (χ0v) is 14.9. The van der Waals surface area contributed by atoms with E-state index in [1.54, 1.807) is 4.90 Å². The predicted octanol–water partition coefficient (Wildman–Crippen LogP) is 0.553. The summed E-state index contributed by atoms with van der Waals surface area (Å²) in [6, 6.07) is 0.165. The van der Waals surface area contributed by atoms with Crippen LogP contribution < -0.4 is 4.72 Å². The van der Waals surface area contributed by atoms with Gasteiger partial charge in [0.15, 0.2) is 0 Å². The lowest BCUT2D eigenvalue weighted by atomic mass is 10.2. The highest BCUT2D eigenvalue weighted by Crippen LogP contribution is 2.28. The summed E-state index contributed by atoms with van der Waals surface area (Å²) in [7, 11) is -3.52. The molecular formula is C14H27N3O5S. The van der Waals surface area contributed by atoms with E-state index in [1.807, 2.05) is 20.8 Å². The molecule has 9 heteroatoms. The van der Waals surface area contributed by atoms with Gasteiger partial charge in [-0.05, 0) is 33.6 Å². The van der Waals surface area contributed by atoms with Crippen LogP contribution in [0.2, 0.25) is 0 Å². The first-order chi connectivity index (χ1) is 10.7. The summed E-state index contributed by atoms with van der Waals surface area (Å²) in [6.45, 7) is 7.46. The van der Waals surface area contributed by atoms with Crippen LogP contribution in [0.25, 0.3) is 0 Å². The van der Waals surface area contributed by atoms with Crippen LogP contribution >= 0.6 is 0 Å². The summed E-state index contributed by atoms with van der Waals surface area (Å²) in [5.74, 6) is 0. The number of morpholine rings is 1. The van der Waals surface area contributed by atoms with Crippen LogP contribution in [0.15, 0.2) is 0 Å². The van der Waals surface area contributed by atoms with Gasteiger partial charge in [0.1, 0.15) is 5.60 Å². The zero-order valence-electron chi connectivity index (χ0n) is 14.1. The third-order valence-corrected chi connectivity index (χ3v) is 5.18. The molecule has 1 saturated carbocycles. The molecule has 1 heterocycles. The highest BCUT2D eigenvalue weighted by molar-refractivity contribution is 7.87. The van der Waals surface area contributed by atoms with Gasteiger partial charge in [0.25, 0.3) is 10.2 Å². The first-order valence-electron chi connectivity index (χ1n) is 8.01. The van der Waals surface area contributed by atoms with Crippen LogP contribution in [0.4, 0.5) is 4.79 Å². The minimum Gasteiger partial charge on any atom is -0.444 e. The monoisotopic (exact) mass is 349 g/mol. The second-order valence-corrected chi connectivity index (χ2v) is 8.57. The summed E-state index contributed by atoms with van der Waals surface area (Å²) >= 11 is 0. The molecule has 1 amide bonds. The molecule has 0 unspecified atom stereocenters. The maximum absolute atomic E-state index is 12.2. The Kier molecular flexibility index (Phi) is 5.88. The van der Waals surface area contributed by atoms with Crippen molar-refractivity contribution in [3.05, 3.63) is 0 Å². The van der Waals surface area contributed by atoms with Crippen molar-refractivity contribution >= 4 is 16.3 Å². The van der Waals surface area contributed by atoms with E-state index in [4.69, 9.17) is 9.47 Å². The van der Waals surface area contributed by atoms with Crippen molar-refractivity contribution in [3.63, 3.8) is 0 Å². The highest BCUT2D eigenvalue weighted by Gasteiger charge is 2.35. The molecule has 0 aromatic heterocycles. The standard InChI is InChI=1S/C14H27N3O5S/c1-14(2,3)22-13(18)17(12-4-5-12)7-6-15-23(19,20)16-8-10-21-11-9-16/h12,15H,4-11H2,1-3H3. The van der Waals surface area contributed by atoms with Gasteiger partial charge in [-0.25, -0.2) is 9.52 Å². The molecule has 2 rings (SSSR count). The molecule has 134 valence electrons. The largest absolute Gasteiger partial charge is 0.444 e. The number of carbonyl (C=O) groups is 1. The van der Waals surface area contributed by atoms with Crippen molar-refractivity contribution in [2.45, 2.75) is 45.3 Å². The molecule has 2 aliphatic rings. The Morgan fingerprint density at radius 3 is 2.43 bits per heavy atom. The van der Waals surface area contributed by atoms with Gasteiger partial charge in [-0.1, -0.05) is 0 Å². The lowest BCUT2D eigenvalue weighted by Crippen LogP contribution is -2.49. The van der Waals surface area contributed by atoms with Crippen molar-refractivity contribution < 1.29 is 22.7 Å². The summed E-state index contributed by atoms with van der Waals surface area (Å²) in [4.78, 5) is 13.8. The summed E-state index contributed by atoms with van der Waals surface area (Å²) < 4.78 is 38.8. The van der Waals surface area contributed by atoms with Crippen LogP contribution in [0.1, 0.15) is 33.6 Å². The summed E-state index contributed by atoms with van der Waals surface area (Å²) in [5.41, 5.74) is -0.558. The molecule has 0 bridgehead atoms. The first kappa shape index (κ1) is 18.4. The predicted molar refractivity (Wildman–Crippen MR) is 85.3 cm³/mol. The van der Waals surface area contributed by atoms with Crippen molar-refractivity contribution in [1.82, 2.24) is 13.9 Å². The van der Waals surface area contributed by atoms with Crippen LogP contribution in [0, 0.1) is 0 Å². The van der Waals surface area contributed by atoms with Gasteiger partial charge >= 0.3 is 6.09 Å². The molecule has 0 radical (unpaired) electrons. The Morgan fingerprint density at radius 2 is 1.91 bits per heavy atom. The Labute approximate surface area is 138 Å². The second-order valence-electron chi connectivity index (χ2n) is 6.82. The zero-order chi connectivity index (χ0) is 17.1. The Hall–Kier alpha value is -0.900. The maximum Gasteiger partial charge on any atom is 0.410 e. The fraction of sp³-hybridized carbons (Fsp3) is 0.929. The topological polar surface area (TPSA) is 88.2 Å². The third-order valence-electron chi connectivity index (χ3n) is 3.56. The number of hydrogen-bond donors (Lipinski definition) is 1. The molecule has 0 spiro atoms. The molecule has 0 aromatic carbocycles. The van der Waals surface area contributed by atoms with Crippen LogP contribution in [-0.2, 0) is 19.7 Å². The number of nitrogens with zero attached hydrogens (tertiary/aromatic N) is 2. The van der Waals surface area contributed by atoms with Gasteiger partial charge in [0.05, 0.1) is 13.2 Å². The van der Waals surface area contributed by atoms with Crippen molar-refractivity contribution in [2.24, 2.45) is 0 Å². The van der Waals surface area contributed by atoms with E-state index in [2.05, 4.69) is 4.72 Å². The Balaban J connectivity index is 1.83. The lowest BCUT2D eigenvalue weighted by Gasteiger charge is -2.29. The van der Waals surface area contributed by atoms with Gasteiger partial charge < -0.3 is 14.4 Å². The van der Waals surface area contributed by atoms with E-state index >= 15 is 0 Å². The smallest absolute Gasteiger partial charge is 0.410 e. The number of ether oxygens (including phenoxy) is 2. The second kappa shape index (κ2) is 7.33. The molecule has 0 atom stereocenters. The van der Waals surface area contributed by atoms with E-state index in [0.29, 0.717) is 32.8 Å². The van der Waals surface area contributed by atoms with Gasteiger partial charge in [-0.2, -0.15) is 12.7 Å². The van der Waals surface area contributed by atoms with E-state index in [9.17, 15) is 13.2 Å². The average molecular weight is 349 g/mol. The fourth-order valence-electron chi connectivity index (χ4n) is 2.30. The van der Waals surface area contributed by atoms with Crippen molar-refractivity contribution in [2.75, 3.05) is 39.4 Å². The average Bonchev–Trinajstić information content (AvgIpc) is 3.27.